The molecule has 6 rings (SSSR count). The van der Waals surface area contributed by atoms with E-state index in [0.717, 1.165) is 28.9 Å². The molecule has 0 saturated carbocycles. The van der Waals surface area contributed by atoms with Crippen molar-refractivity contribution in [2.75, 3.05) is 0 Å². The molecule has 6 heteroatoms. The molecule has 2 atom stereocenters. The van der Waals surface area contributed by atoms with Crippen LogP contribution in [-0.4, -0.2) is 25.1 Å². The van der Waals surface area contributed by atoms with Crippen LogP contribution in [0.4, 0.5) is 0 Å². The molecule has 0 aliphatic carbocycles. The Morgan fingerprint density at radius 1 is 1.10 bits per heavy atom. The Balaban J connectivity index is 1.44. The van der Waals surface area contributed by atoms with Crippen molar-refractivity contribution in [1.82, 2.24) is 24.4 Å². The van der Waals surface area contributed by atoms with Crippen LogP contribution >= 0.6 is 0 Å². The first-order valence-electron chi connectivity index (χ1n) is 10.5. The Labute approximate surface area is 174 Å². The number of nitrogens with one attached hydrogen (secondary N) is 1. The summed E-state index contributed by atoms with van der Waals surface area (Å²) in [5.41, 5.74) is 6.39. The van der Waals surface area contributed by atoms with E-state index >= 15 is 0 Å². The van der Waals surface area contributed by atoms with E-state index in [0.29, 0.717) is 17.9 Å². The van der Waals surface area contributed by atoms with E-state index in [2.05, 4.69) is 28.0 Å². The molecule has 150 valence electrons. The molecule has 30 heavy (non-hydrogen) atoms. The van der Waals surface area contributed by atoms with Gasteiger partial charge in [-0.05, 0) is 55.2 Å². The molecule has 1 fully saturated rings. The van der Waals surface area contributed by atoms with E-state index in [1.807, 2.05) is 31.2 Å². The molecule has 6 heterocycles. The van der Waals surface area contributed by atoms with Gasteiger partial charge in [-0.3, -0.25) is 14.3 Å². The van der Waals surface area contributed by atoms with E-state index < -0.39 is 0 Å². The second kappa shape index (κ2) is 6.37. The molecule has 1 N–H and O–H groups in total. The van der Waals surface area contributed by atoms with Gasteiger partial charge in [0.1, 0.15) is 11.5 Å². The number of pyridine rings is 3. The van der Waals surface area contributed by atoms with E-state index in [1.54, 1.807) is 23.0 Å². The highest BCUT2D eigenvalue weighted by Gasteiger charge is 2.36. The SMILES string of the molecule is Cc1ccc(-c2ccn(-c3ccc4c5c(n(C)c4n3)CC3CCC5N3)c(=O)c2)cn1. The lowest BCUT2D eigenvalue weighted by molar-refractivity contribution is 0.503. The molecule has 1 saturated heterocycles. The minimum Gasteiger partial charge on any atom is -0.332 e. The molecule has 4 aromatic rings. The van der Waals surface area contributed by atoms with Crippen molar-refractivity contribution in [2.24, 2.45) is 7.05 Å². The Morgan fingerprint density at radius 3 is 2.80 bits per heavy atom. The van der Waals surface area contributed by atoms with Gasteiger partial charge in [-0.15, -0.1) is 0 Å². The molecular weight excluding hydrogens is 374 g/mol. The van der Waals surface area contributed by atoms with Crippen molar-refractivity contribution < 1.29 is 0 Å². The van der Waals surface area contributed by atoms with Crippen LogP contribution in [0.15, 0.2) is 53.6 Å². The van der Waals surface area contributed by atoms with Crippen LogP contribution in [0, 0.1) is 6.92 Å². The van der Waals surface area contributed by atoms with E-state index in [4.69, 9.17) is 4.98 Å². The van der Waals surface area contributed by atoms with E-state index in [1.165, 1.54) is 29.5 Å². The summed E-state index contributed by atoms with van der Waals surface area (Å²) in [6.07, 6.45) is 7.08. The lowest BCUT2D eigenvalue weighted by Gasteiger charge is -2.22. The van der Waals surface area contributed by atoms with Crippen LogP contribution in [0.2, 0.25) is 0 Å². The van der Waals surface area contributed by atoms with Crippen molar-refractivity contribution in [3.63, 3.8) is 0 Å². The number of hydrogen-bond acceptors (Lipinski definition) is 4. The maximum absolute atomic E-state index is 12.9. The van der Waals surface area contributed by atoms with Crippen LogP contribution in [-0.2, 0) is 13.5 Å². The van der Waals surface area contributed by atoms with Gasteiger partial charge >= 0.3 is 0 Å². The third-order valence-electron chi connectivity index (χ3n) is 6.62. The second-order valence-electron chi connectivity index (χ2n) is 8.47. The highest BCUT2D eigenvalue weighted by Crippen LogP contribution is 2.41. The minimum atomic E-state index is -0.0976. The quantitative estimate of drug-likeness (QED) is 0.563. The van der Waals surface area contributed by atoms with Gasteiger partial charge in [-0.2, -0.15) is 0 Å². The zero-order chi connectivity index (χ0) is 20.4. The summed E-state index contributed by atoms with van der Waals surface area (Å²) in [5.74, 6) is 0.650. The molecule has 2 unspecified atom stereocenters. The molecular formula is C24H23N5O. The first-order chi connectivity index (χ1) is 14.6. The van der Waals surface area contributed by atoms with Gasteiger partial charge in [0.15, 0.2) is 0 Å². The smallest absolute Gasteiger partial charge is 0.256 e. The number of aryl methyl sites for hydroxylation is 2. The Hall–Kier alpha value is -3.25. The lowest BCUT2D eigenvalue weighted by atomic mass is 10.00. The first-order valence-corrected chi connectivity index (χ1v) is 10.5. The minimum absolute atomic E-state index is 0.0976. The van der Waals surface area contributed by atoms with Crippen molar-refractivity contribution in [1.29, 1.82) is 0 Å². The first kappa shape index (κ1) is 17.6. The molecule has 0 aromatic carbocycles. The van der Waals surface area contributed by atoms with Crippen LogP contribution in [0.5, 0.6) is 0 Å². The van der Waals surface area contributed by atoms with Crippen LogP contribution < -0.4 is 10.9 Å². The van der Waals surface area contributed by atoms with Gasteiger partial charge in [0, 0.05) is 66.3 Å². The van der Waals surface area contributed by atoms with Gasteiger partial charge in [0.05, 0.1) is 0 Å². The van der Waals surface area contributed by atoms with E-state index in [9.17, 15) is 4.79 Å². The molecule has 4 aromatic heterocycles. The molecule has 2 aliphatic rings. The topological polar surface area (TPSA) is 64.7 Å². The van der Waals surface area contributed by atoms with Gasteiger partial charge in [0.25, 0.3) is 5.56 Å². The average Bonchev–Trinajstić information content (AvgIpc) is 3.27. The third-order valence-corrected chi connectivity index (χ3v) is 6.62. The summed E-state index contributed by atoms with van der Waals surface area (Å²) < 4.78 is 3.83. The van der Waals surface area contributed by atoms with Crippen molar-refractivity contribution in [3.8, 4) is 16.9 Å². The summed E-state index contributed by atoms with van der Waals surface area (Å²) in [6, 6.07) is 12.6. The largest absolute Gasteiger partial charge is 0.332 e. The second-order valence-corrected chi connectivity index (χ2v) is 8.47. The van der Waals surface area contributed by atoms with Gasteiger partial charge in [0.2, 0.25) is 0 Å². The number of aromatic nitrogens is 4. The fourth-order valence-electron chi connectivity index (χ4n) is 5.07. The molecule has 6 nitrogen and oxygen atoms in total. The Morgan fingerprint density at radius 2 is 2.00 bits per heavy atom. The third kappa shape index (κ3) is 2.57. The number of nitrogens with zero attached hydrogens (tertiary/aromatic N) is 4. The van der Waals surface area contributed by atoms with Gasteiger partial charge in [-0.1, -0.05) is 6.07 Å². The fraction of sp³-hybridized carbons (Fsp3) is 0.292. The van der Waals surface area contributed by atoms with Crippen LogP contribution in [0.3, 0.4) is 0 Å². The highest BCUT2D eigenvalue weighted by atomic mass is 16.1. The van der Waals surface area contributed by atoms with Crippen molar-refractivity contribution in [3.05, 3.63) is 76.1 Å². The summed E-state index contributed by atoms with van der Waals surface area (Å²) >= 11 is 0. The molecule has 2 aliphatic heterocycles. The summed E-state index contributed by atoms with van der Waals surface area (Å²) in [7, 11) is 2.10. The lowest BCUT2D eigenvalue weighted by Crippen LogP contribution is -2.32. The molecule has 0 spiro atoms. The Bertz CT molecular complexity index is 1350. The average molecular weight is 397 g/mol. The van der Waals surface area contributed by atoms with Gasteiger partial charge < -0.3 is 9.88 Å². The van der Waals surface area contributed by atoms with Gasteiger partial charge in [-0.25, -0.2) is 4.98 Å². The number of rotatable bonds is 2. The summed E-state index contributed by atoms with van der Waals surface area (Å²) in [5, 5.41) is 4.93. The van der Waals surface area contributed by atoms with Crippen molar-refractivity contribution in [2.45, 2.75) is 38.3 Å². The van der Waals surface area contributed by atoms with Crippen molar-refractivity contribution >= 4 is 11.0 Å². The maximum atomic E-state index is 12.9. The van der Waals surface area contributed by atoms with Crippen LogP contribution in [0.1, 0.15) is 35.8 Å². The zero-order valence-corrected chi connectivity index (χ0v) is 17.1. The fourth-order valence-corrected chi connectivity index (χ4v) is 5.07. The molecule has 0 radical (unpaired) electrons. The normalized spacial score (nSPS) is 19.9. The molecule has 0 amide bonds. The highest BCUT2D eigenvalue weighted by molar-refractivity contribution is 5.84. The maximum Gasteiger partial charge on any atom is 0.256 e. The molecule has 2 bridgehead atoms. The summed E-state index contributed by atoms with van der Waals surface area (Å²) in [6.45, 7) is 1.95. The van der Waals surface area contributed by atoms with E-state index in [-0.39, 0.29) is 5.56 Å². The standard InChI is InChI=1S/C24H23N5O/c1-14-3-4-16(13-25-14)15-9-10-29(22(30)11-15)21-8-6-18-23-19-7-5-17(26-19)12-20(23)28(2)24(18)27-21/h3-4,6,8-11,13,17,19,26H,5,7,12H2,1-2H3. The van der Waals surface area contributed by atoms with Crippen LogP contribution in [0.25, 0.3) is 28.0 Å². The summed E-state index contributed by atoms with van der Waals surface area (Å²) in [4.78, 5) is 22.1. The predicted molar refractivity (Wildman–Crippen MR) is 117 cm³/mol. The monoisotopic (exact) mass is 397 g/mol. The Kier molecular flexibility index (Phi) is 3.74. The number of fused-ring (bicyclic) bond motifs is 6. The predicted octanol–water partition coefficient (Wildman–Crippen LogP) is 3.44. The zero-order valence-electron chi connectivity index (χ0n) is 17.1. The number of hydrogen-bond donors (Lipinski definition) is 1.